The van der Waals surface area contributed by atoms with Crippen LogP contribution in [0.2, 0.25) is 0 Å². The fourth-order valence-corrected chi connectivity index (χ4v) is 3.51. The average molecular weight is 376 g/mol. The van der Waals surface area contributed by atoms with Gasteiger partial charge in [0.25, 0.3) is 11.8 Å². The molecular weight excluding hydrogens is 356 g/mol. The molecule has 7 nitrogen and oxygen atoms in total. The molecule has 0 saturated heterocycles. The molecule has 1 N–H and O–H groups in total. The molecule has 0 aliphatic carbocycles. The van der Waals surface area contributed by atoms with Crippen LogP contribution in [0.4, 0.5) is 5.95 Å². The zero-order valence-electron chi connectivity index (χ0n) is 15.7. The molecule has 142 valence electrons. The molecule has 1 unspecified atom stereocenters. The Labute approximate surface area is 162 Å². The summed E-state index contributed by atoms with van der Waals surface area (Å²) in [4.78, 5) is 43.6. The van der Waals surface area contributed by atoms with E-state index in [9.17, 15) is 14.4 Å². The lowest BCUT2D eigenvalue weighted by Crippen LogP contribution is -2.45. The summed E-state index contributed by atoms with van der Waals surface area (Å²) in [7, 11) is 0. The van der Waals surface area contributed by atoms with E-state index in [1.165, 1.54) is 0 Å². The number of hydrogen-bond acceptors (Lipinski definition) is 4. The number of carbonyl (C=O) groups excluding carboxylic acids is 3. The minimum absolute atomic E-state index is 0.324. The molecule has 0 bridgehead atoms. The number of para-hydroxylation sites is 2. The number of nitrogens with zero attached hydrogens (tertiary/aromatic N) is 3. The van der Waals surface area contributed by atoms with Gasteiger partial charge in [0.2, 0.25) is 11.9 Å². The second kappa shape index (κ2) is 6.92. The number of benzene rings is 2. The lowest BCUT2D eigenvalue weighted by Gasteiger charge is -2.21. The SMILES string of the molecule is CCCn1c(NC(=O)C(C)N2C(=O)c3ccccc3C2=O)nc2ccccc21. The minimum atomic E-state index is -0.956. The molecule has 1 aliphatic rings. The first-order valence-corrected chi connectivity index (χ1v) is 9.26. The van der Waals surface area contributed by atoms with Crippen molar-refractivity contribution in [3.8, 4) is 0 Å². The third-order valence-corrected chi connectivity index (χ3v) is 4.93. The standard InChI is InChI=1S/C21H20N4O3/c1-3-12-24-17-11-7-6-10-16(17)22-21(24)23-18(26)13(2)25-19(27)14-8-4-5-9-15(14)20(25)28/h4-11,13H,3,12H2,1-2H3,(H,22,23,26). The zero-order chi connectivity index (χ0) is 19.8. The van der Waals surface area contributed by atoms with Gasteiger partial charge in [0.15, 0.2) is 0 Å². The summed E-state index contributed by atoms with van der Waals surface area (Å²) in [6, 6.07) is 13.3. The number of rotatable bonds is 5. The van der Waals surface area contributed by atoms with Crippen molar-refractivity contribution in [2.24, 2.45) is 0 Å². The van der Waals surface area contributed by atoms with E-state index in [1.54, 1.807) is 31.2 Å². The molecule has 0 saturated carbocycles. The predicted molar refractivity (Wildman–Crippen MR) is 105 cm³/mol. The van der Waals surface area contributed by atoms with Gasteiger partial charge in [-0.2, -0.15) is 0 Å². The van der Waals surface area contributed by atoms with Crippen molar-refractivity contribution in [1.29, 1.82) is 0 Å². The molecule has 0 radical (unpaired) electrons. The number of amides is 3. The van der Waals surface area contributed by atoms with Crippen LogP contribution in [-0.2, 0) is 11.3 Å². The quantitative estimate of drug-likeness (QED) is 0.694. The summed E-state index contributed by atoms with van der Waals surface area (Å²) in [5.74, 6) is -0.950. The first kappa shape index (κ1) is 17.9. The van der Waals surface area contributed by atoms with Crippen molar-refractivity contribution >= 4 is 34.7 Å². The van der Waals surface area contributed by atoms with Gasteiger partial charge in [0.05, 0.1) is 22.2 Å². The highest BCUT2D eigenvalue weighted by atomic mass is 16.2. The van der Waals surface area contributed by atoms with E-state index in [0.29, 0.717) is 23.6 Å². The van der Waals surface area contributed by atoms with Crippen molar-refractivity contribution in [2.45, 2.75) is 32.9 Å². The zero-order valence-corrected chi connectivity index (χ0v) is 15.7. The maximum absolute atomic E-state index is 12.9. The molecule has 0 spiro atoms. The van der Waals surface area contributed by atoms with Crippen LogP contribution < -0.4 is 5.32 Å². The molecule has 2 aromatic carbocycles. The van der Waals surface area contributed by atoms with Crippen LogP contribution in [0.5, 0.6) is 0 Å². The van der Waals surface area contributed by atoms with Crippen LogP contribution in [0, 0.1) is 0 Å². The van der Waals surface area contributed by atoms with Gasteiger partial charge in [-0.05, 0) is 37.6 Å². The largest absolute Gasteiger partial charge is 0.310 e. The Hall–Kier alpha value is -3.48. The number of aromatic nitrogens is 2. The Morgan fingerprint density at radius 2 is 1.64 bits per heavy atom. The van der Waals surface area contributed by atoms with Gasteiger partial charge in [-0.15, -0.1) is 0 Å². The third kappa shape index (κ3) is 2.76. The minimum Gasteiger partial charge on any atom is -0.310 e. The number of imidazole rings is 1. The van der Waals surface area contributed by atoms with Crippen molar-refractivity contribution in [3.05, 3.63) is 59.7 Å². The van der Waals surface area contributed by atoms with Crippen LogP contribution in [0.25, 0.3) is 11.0 Å². The van der Waals surface area contributed by atoms with Crippen LogP contribution >= 0.6 is 0 Å². The van der Waals surface area contributed by atoms with Crippen LogP contribution in [0.15, 0.2) is 48.5 Å². The van der Waals surface area contributed by atoms with E-state index in [1.807, 2.05) is 35.8 Å². The second-order valence-electron chi connectivity index (χ2n) is 6.77. The van der Waals surface area contributed by atoms with Gasteiger partial charge in [-0.1, -0.05) is 31.2 Å². The highest BCUT2D eigenvalue weighted by Gasteiger charge is 2.40. The Morgan fingerprint density at radius 1 is 1.04 bits per heavy atom. The Kier molecular flexibility index (Phi) is 4.43. The lowest BCUT2D eigenvalue weighted by molar-refractivity contribution is -0.119. The number of hydrogen-bond donors (Lipinski definition) is 1. The number of imide groups is 1. The molecule has 4 rings (SSSR count). The van der Waals surface area contributed by atoms with Crippen molar-refractivity contribution in [2.75, 3.05) is 5.32 Å². The van der Waals surface area contributed by atoms with Gasteiger partial charge < -0.3 is 4.57 Å². The maximum Gasteiger partial charge on any atom is 0.262 e. The van der Waals surface area contributed by atoms with Crippen molar-refractivity contribution < 1.29 is 14.4 Å². The highest BCUT2D eigenvalue weighted by molar-refractivity contribution is 6.23. The molecule has 28 heavy (non-hydrogen) atoms. The Bertz CT molecular complexity index is 1070. The summed E-state index contributed by atoms with van der Waals surface area (Å²) in [6.07, 6.45) is 0.872. The van der Waals surface area contributed by atoms with E-state index < -0.39 is 23.8 Å². The fourth-order valence-electron chi connectivity index (χ4n) is 3.51. The number of anilines is 1. The third-order valence-electron chi connectivity index (χ3n) is 4.93. The number of fused-ring (bicyclic) bond motifs is 2. The summed E-state index contributed by atoms with van der Waals surface area (Å²) in [6.45, 7) is 4.28. The first-order valence-electron chi connectivity index (χ1n) is 9.26. The van der Waals surface area contributed by atoms with Gasteiger partial charge in [0.1, 0.15) is 6.04 Å². The molecule has 1 aliphatic heterocycles. The number of aryl methyl sites for hydroxylation is 1. The molecule has 0 fully saturated rings. The smallest absolute Gasteiger partial charge is 0.262 e. The molecule has 3 aromatic rings. The molecule has 1 atom stereocenters. The monoisotopic (exact) mass is 376 g/mol. The fraction of sp³-hybridized carbons (Fsp3) is 0.238. The Balaban J connectivity index is 1.61. The summed E-state index contributed by atoms with van der Waals surface area (Å²) < 4.78 is 1.93. The maximum atomic E-state index is 12.9. The van der Waals surface area contributed by atoms with Crippen LogP contribution in [0.1, 0.15) is 41.0 Å². The molecule has 2 heterocycles. The van der Waals surface area contributed by atoms with Crippen molar-refractivity contribution in [1.82, 2.24) is 14.5 Å². The van der Waals surface area contributed by atoms with Crippen LogP contribution in [-0.4, -0.2) is 38.2 Å². The van der Waals surface area contributed by atoms with E-state index in [4.69, 9.17) is 0 Å². The molecule has 7 heteroatoms. The topological polar surface area (TPSA) is 84.3 Å². The molecular formula is C21H20N4O3. The van der Waals surface area contributed by atoms with Gasteiger partial charge >= 0.3 is 0 Å². The van der Waals surface area contributed by atoms with E-state index in [-0.39, 0.29) is 0 Å². The lowest BCUT2D eigenvalue weighted by atomic mass is 10.1. The van der Waals surface area contributed by atoms with Gasteiger partial charge in [-0.25, -0.2) is 4.98 Å². The van der Waals surface area contributed by atoms with Crippen molar-refractivity contribution in [3.63, 3.8) is 0 Å². The molecule has 1 aromatic heterocycles. The number of carbonyl (C=O) groups is 3. The Morgan fingerprint density at radius 3 is 2.29 bits per heavy atom. The van der Waals surface area contributed by atoms with E-state index in [0.717, 1.165) is 22.4 Å². The summed E-state index contributed by atoms with van der Waals surface area (Å²) in [5.41, 5.74) is 2.35. The van der Waals surface area contributed by atoms with E-state index in [2.05, 4.69) is 10.3 Å². The first-order chi connectivity index (χ1) is 13.5. The second-order valence-corrected chi connectivity index (χ2v) is 6.77. The average Bonchev–Trinajstić information content (AvgIpc) is 3.17. The van der Waals surface area contributed by atoms with Crippen LogP contribution in [0.3, 0.4) is 0 Å². The molecule has 3 amide bonds. The van der Waals surface area contributed by atoms with Gasteiger partial charge in [-0.3, -0.25) is 24.6 Å². The normalized spacial score (nSPS) is 14.4. The van der Waals surface area contributed by atoms with Gasteiger partial charge in [0, 0.05) is 6.54 Å². The van der Waals surface area contributed by atoms with E-state index >= 15 is 0 Å². The predicted octanol–water partition coefficient (Wildman–Crippen LogP) is 3.07. The summed E-state index contributed by atoms with van der Waals surface area (Å²) >= 11 is 0. The highest BCUT2D eigenvalue weighted by Crippen LogP contribution is 2.25. The summed E-state index contributed by atoms with van der Waals surface area (Å²) in [5, 5.41) is 2.80. The number of nitrogens with one attached hydrogen (secondary N) is 1.